The second-order valence-corrected chi connectivity index (χ2v) is 10.7. The first-order valence-electron chi connectivity index (χ1n) is 8.73. The van der Waals surface area contributed by atoms with E-state index < -0.39 is 90.0 Å². The molecule has 0 aromatic rings. The fraction of sp³-hybridized carbons (Fsp3) is 1.00. The van der Waals surface area contributed by atoms with E-state index in [1.54, 1.807) is 0 Å². The molecule has 34 heteroatoms. The molecule has 1 unspecified atom stereocenters. The van der Waals surface area contributed by atoms with Crippen LogP contribution in [0.1, 0.15) is 5.71 Å². The fourth-order valence-electron chi connectivity index (χ4n) is 2.42. The van der Waals surface area contributed by atoms with E-state index >= 15 is 0 Å². The molecular weight excluding hydrogens is 840 g/mol. The van der Waals surface area contributed by atoms with Crippen molar-refractivity contribution < 1.29 is 137 Å². The summed E-state index contributed by atoms with van der Waals surface area (Å²) in [4.78, 5) is 0. The Morgan fingerprint density at radius 3 is 0.652 bits per heavy atom. The number of hydrogen-bond donors (Lipinski definition) is 2. The van der Waals surface area contributed by atoms with Crippen LogP contribution in [0.5, 0.6) is 0 Å². The first-order chi connectivity index (χ1) is 18.2. The summed E-state index contributed by atoms with van der Waals surface area (Å²) in [5.74, 6) is -86.2. The first kappa shape index (κ1) is 51.0. The van der Waals surface area contributed by atoms with Crippen molar-refractivity contribution in [2.45, 2.75) is 69.7 Å². The van der Waals surface area contributed by atoms with Crippen LogP contribution in [0.3, 0.4) is 0 Å². The van der Waals surface area contributed by atoms with Crippen LogP contribution in [0, 0.1) is 0 Å². The zero-order valence-corrected chi connectivity index (χ0v) is 25.9. The van der Waals surface area contributed by atoms with Crippen molar-refractivity contribution in [1.29, 1.82) is 0 Å². The average molecular weight is 846 g/mol. The van der Waals surface area contributed by atoms with E-state index in [-0.39, 0.29) is 81.2 Å². The Morgan fingerprint density at radius 2 is 0.500 bits per heavy atom. The third kappa shape index (κ3) is 6.15. The van der Waals surface area contributed by atoms with Crippen molar-refractivity contribution in [3.05, 3.63) is 0 Å². The average Bonchev–Trinajstić information content (AvgIpc) is 2.74. The molecule has 0 aliphatic heterocycles. The summed E-state index contributed by atoms with van der Waals surface area (Å²) in [6.45, 7) is 0. The normalized spacial score (nSPS) is 17.5. The molecule has 0 rings (SSSR count). The van der Waals surface area contributed by atoms with Crippen molar-refractivity contribution in [2.75, 3.05) is 0 Å². The molecule has 0 aromatic heterocycles. The Kier molecular flexibility index (Phi) is 14.1. The molecule has 274 valence electrons. The molecule has 0 saturated carbocycles. The molecule has 0 aliphatic rings. The van der Waals surface area contributed by atoms with Crippen molar-refractivity contribution in [3.8, 4) is 0 Å². The van der Waals surface area contributed by atoms with Gasteiger partial charge in [-0.25, -0.2) is 4.39 Å². The minimum absolute atomic E-state index is 0. The van der Waals surface area contributed by atoms with Gasteiger partial charge in [-0.3, -0.25) is 9.11 Å². The molecule has 0 aliphatic carbocycles. The van der Waals surface area contributed by atoms with Crippen molar-refractivity contribution in [2.24, 2.45) is 0 Å². The first-order valence-corrected chi connectivity index (χ1v) is 11.6. The molecule has 0 aromatic carbocycles. The second kappa shape index (κ2) is 12.7. The van der Waals surface area contributed by atoms with Gasteiger partial charge in [0.05, 0.1) is 0 Å². The zero-order chi connectivity index (χ0) is 37.0. The molecule has 46 heavy (non-hydrogen) atoms. The summed E-state index contributed by atoms with van der Waals surface area (Å²) in [5, 5.41) is -17.4. The SMILES string of the molecule is O=S(=O)(O)C(F)(F)C(F)(C(F)(F)C(F)(F)C(F)(F)C(F)(F)C(F)(F)C(F)(F)C(F)(F)C(F)(F)C(F)(F)C(F)(F)F)S(=O)(=O)O.[Ca+2].[Ca+2].[H-].[H-].[H-].[H-]. The maximum Gasteiger partial charge on any atom is 2.00 e. The molecule has 0 heterocycles. The van der Waals surface area contributed by atoms with Gasteiger partial charge in [0.25, 0.3) is 0 Å². The summed E-state index contributed by atoms with van der Waals surface area (Å²) in [6, 6.07) is 0. The Morgan fingerprint density at radius 1 is 0.326 bits per heavy atom. The molecule has 0 amide bonds. The maximum absolute atomic E-state index is 14.2. The topological polar surface area (TPSA) is 109 Å². The summed E-state index contributed by atoms with van der Waals surface area (Å²) in [6.07, 6.45) is -8.27. The van der Waals surface area contributed by atoms with Crippen LogP contribution in [0.4, 0.5) is 105 Å². The third-order valence-corrected chi connectivity index (χ3v) is 7.25. The van der Waals surface area contributed by atoms with Crippen LogP contribution in [0.25, 0.3) is 0 Å². The van der Waals surface area contributed by atoms with E-state index in [0.717, 1.165) is 0 Å². The molecule has 0 saturated heterocycles. The predicted octanol–water partition coefficient (Wildman–Crippen LogP) is 5.99. The van der Waals surface area contributed by atoms with Crippen LogP contribution in [0.2, 0.25) is 0 Å². The Labute approximate surface area is 300 Å². The van der Waals surface area contributed by atoms with E-state index in [0.29, 0.717) is 0 Å². The smallest absolute Gasteiger partial charge is 1.00 e. The van der Waals surface area contributed by atoms with Crippen LogP contribution < -0.4 is 0 Å². The maximum atomic E-state index is 14.2. The van der Waals surface area contributed by atoms with E-state index in [4.69, 9.17) is 9.11 Å². The van der Waals surface area contributed by atoms with E-state index in [9.17, 15) is 122 Å². The third-order valence-electron chi connectivity index (χ3n) is 4.97. The van der Waals surface area contributed by atoms with Crippen LogP contribution >= 0.6 is 0 Å². The van der Waals surface area contributed by atoms with Gasteiger partial charge in [0.15, 0.2) is 0 Å². The minimum atomic E-state index is -9.89. The summed E-state index contributed by atoms with van der Waals surface area (Å²) < 4.78 is 378. The fourth-order valence-corrected chi connectivity index (χ4v) is 4.27. The van der Waals surface area contributed by atoms with Crippen LogP contribution in [0.15, 0.2) is 0 Å². The van der Waals surface area contributed by atoms with Gasteiger partial charge in [-0.2, -0.15) is 118 Å². The molecule has 0 bridgehead atoms. The number of alkyl halides is 24. The van der Waals surface area contributed by atoms with Gasteiger partial charge in [0, 0.05) is 0 Å². The summed E-state index contributed by atoms with van der Waals surface area (Å²) >= 11 is 0. The van der Waals surface area contributed by atoms with Crippen molar-refractivity contribution in [1.82, 2.24) is 0 Å². The summed E-state index contributed by atoms with van der Waals surface area (Å²) in [5.41, 5.74) is 0. The molecule has 2 N–H and O–H groups in total. The number of rotatable bonds is 12. The van der Waals surface area contributed by atoms with Crippen LogP contribution in [-0.2, 0) is 20.2 Å². The molecule has 0 fully saturated rings. The second-order valence-electron chi connectivity index (χ2n) is 7.73. The quantitative estimate of drug-likeness (QED) is 0.142. The minimum Gasteiger partial charge on any atom is -1.00 e. The van der Waals surface area contributed by atoms with E-state index in [1.807, 2.05) is 0 Å². The molecule has 0 spiro atoms. The summed E-state index contributed by atoms with van der Waals surface area (Å²) in [7, 11) is -17.5. The van der Waals surface area contributed by atoms with E-state index in [2.05, 4.69) is 0 Å². The van der Waals surface area contributed by atoms with Crippen molar-refractivity contribution in [3.63, 3.8) is 0 Å². The van der Waals surface area contributed by atoms with Crippen LogP contribution in [-0.4, -0.2) is 171 Å². The van der Waals surface area contributed by atoms with E-state index in [1.165, 1.54) is 0 Å². The standard InChI is InChI=1S/C12H2F24O6S2.2Ca.4H/c13-1(14,3(17,18)5(21,22)7(25,26)9(29,30)11(32,33)34)2(15,16)4(19,20)6(23,24)8(27,28)10(31,43(37,38)39)12(35,36)44(40,41)42;;;;;;/h(H,37,38,39)(H,40,41,42);;;;;;/q;2*+2;4*-1. The molecule has 6 nitrogen and oxygen atoms in total. The van der Waals surface area contributed by atoms with Gasteiger partial charge in [0.1, 0.15) is 0 Å². The molecule has 0 radical (unpaired) electrons. The van der Waals surface area contributed by atoms with Gasteiger partial charge in [-0.05, 0) is 0 Å². The van der Waals surface area contributed by atoms with Gasteiger partial charge in [0.2, 0.25) is 0 Å². The predicted molar refractivity (Wildman–Crippen MR) is 98.4 cm³/mol. The Bertz CT molecular complexity index is 1360. The monoisotopic (exact) mass is 846 g/mol. The van der Waals surface area contributed by atoms with Gasteiger partial charge >= 0.3 is 165 Å². The van der Waals surface area contributed by atoms with Crippen molar-refractivity contribution >= 4 is 95.7 Å². The Hall–Kier alpha value is 0.659. The van der Waals surface area contributed by atoms with Gasteiger partial charge in [-0.1, -0.05) is 0 Å². The van der Waals surface area contributed by atoms with Gasteiger partial charge in [-0.15, -0.1) is 0 Å². The zero-order valence-electron chi connectivity index (χ0n) is 23.8. The number of hydrogen-bond acceptors (Lipinski definition) is 4. The number of halogens is 24. The largest absolute Gasteiger partial charge is 2.00 e. The Balaban J connectivity index is -0.000000616. The van der Waals surface area contributed by atoms with Gasteiger partial charge < -0.3 is 5.71 Å². The molecule has 1 atom stereocenters. The molecular formula is C12H6Ca2F24O6S2.